The summed E-state index contributed by atoms with van der Waals surface area (Å²) in [5.74, 6) is -3.12. The molecule has 0 aliphatic carbocycles. The standard InChI is InChI=1S/C15H11N7O4/c1-20-14(25)12(23)9(7-18-20)11-13(24)22(15(26)21(2)19-11)10-4-3-8(5-16)6-17-10/h3-4,6-7,9H,1-2H3. The number of hydrogen-bond donors (Lipinski definition) is 0. The number of pyridine rings is 1. The van der Waals surface area contributed by atoms with E-state index >= 15 is 0 Å². The van der Waals surface area contributed by atoms with Gasteiger partial charge in [0, 0.05) is 26.5 Å². The molecule has 0 bridgehead atoms. The number of rotatable bonds is 2. The molecule has 2 aromatic heterocycles. The second-order valence-corrected chi connectivity index (χ2v) is 5.38. The van der Waals surface area contributed by atoms with Crippen LogP contribution in [0.25, 0.3) is 5.82 Å². The van der Waals surface area contributed by atoms with Crippen molar-refractivity contribution in [2.45, 2.75) is 5.92 Å². The molecule has 11 heteroatoms. The molecule has 1 aliphatic rings. The topological polar surface area (TPSA) is 143 Å². The van der Waals surface area contributed by atoms with Crippen molar-refractivity contribution in [3.8, 4) is 11.9 Å². The number of aryl methyl sites for hydroxylation is 1. The number of carbonyl (C=O) groups is 2. The average molecular weight is 353 g/mol. The first-order valence-corrected chi connectivity index (χ1v) is 7.28. The molecule has 1 aliphatic heterocycles. The molecule has 0 fully saturated rings. The third-order valence-corrected chi connectivity index (χ3v) is 3.72. The van der Waals surface area contributed by atoms with Crippen LogP contribution in [0, 0.1) is 11.3 Å². The van der Waals surface area contributed by atoms with Crippen molar-refractivity contribution in [3.05, 3.63) is 50.4 Å². The first kappa shape index (κ1) is 16.9. The maximum Gasteiger partial charge on any atom is 0.353 e. The molecule has 0 aromatic carbocycles. The van der Waals surface area contributed by atoms with E-state index in [-0.39, 0.29) is 17.1 Å². The number of likely N-dealkylation sites (N-methyl/N-ethyl adjacent to an activating group) is 1. The Kier molecular flexibility index (Phi) is 4.01. The van der Waals surface area contributed by atoms with Crippen molar-refractivity contribution in [2.75, 3.05) is 7.05 Å². The second kappa shape index (κ2) is 6.17. The molecule has 11 nitrogen and oxygen atoms in total. The van der Waals surface area contributed by atoms with Crippen LogP contribution in [0.1, 0.15) is 17.2 Å². The van der Waals surface area contributed by atoms with Gasteiger partial charge in [0.1, 0.15) is 23.5 Å². The highest BCUT2D eigenvalue weighted by molar-refractivity contribution is 6.42. The largest absolute Gasteiger partial charge is 0.353 e. The number of Topliss-reactive ketones (excluding diaryl/α,β-unsaturated/α-hetero) is 1. The van der Waals surface area contributed by atoms with Crippen LogP contribution in [-0.2, 0) is 16.6 Å². The van der Waals surface area contributed by atoms with E-state index in [1.165, 1.54) is 32.4 Å². The molecule has 2 aromatic rings. The van der Waals surface area contributed by atoms with E-state index in [2.05, 4.69) is 15.2 Å². The van der Waals surface area contributed by atoms with Crippen molar-refractivity contribution in [1.29, 1.82) is 5.26 Å². The summed E-state index contributed by atoms with van der Waals surface area (Å²) in [6.45, 7) is 0. The van der Waals surface area contributed by atoms with Gasteiger partial charge in [0.25, 0.3) is 5.56 Å². The molecule has 0 saturated heterocycles. The van der Waals surface area contributed by atoms with Crippen LogP contribution in [0.4, 0.5) is 0 Å². The number of hydrazone groups is 1. The molecule has 0 N–H and O–H groups in total. The van der Waals surface area contributed by atoms with Crippen molar-refractivity contribution in [2.24, 2.45) is 12.1 Å². The molecule has 130 valence electrons. The van der Waals surface area contributed by atoms with E-state index in [4.69, 9.17) is 5.26 Å². The van der Waals surface area contributed by atoms with Gasteiger partial charge >= 0.3 is 11.6 Å². The molecule has 1 unspecified atom stereocenters. The van der Waals surface area contributed by atoms with E-state index in [1.54, 1.807) is 0 Å². The Balaban J connectivity index is 2.23. The fourth-order valence-corrected chi connectivity index (χ4v) is 2.35. The summed E-state index contributed by atoms with van der Waals surface area (Å²) >= 11 is 0. The number of carbonyl (C=O) groups excluding carboxylic acids is 2. The van der Waals surface area contributed by atoms with E-state index in [0.29, 0.717) is 4.57 Å². The molecule has 1 atom stereocenters. The second-order valence-electron chi connectivity index (χ2n) is 5.38. The molecule has 3 heterocycles. The summed E-state index contributed by atoms with van der Waals surface area (Å²) in [4.78, 5) is 53.1. The van der Waals surface area contributed by atoms with Crippen molar-refractivity contribution >= 4 is 17.9 Å². The maximum atomic E-state index is 12.8. The third kappa shape index (κ3) is 2.59. The predicted molar refractivity (Wildman–Crippen MR) is 86.6 cm³/mol. The Morgan fingerprint density at radius 3 is 2.50 bits per heavy atom. The summed E-state index contributed by atoms with van der Waals surface area (Å²) < 4.78 is 1.58. The van der Waals surface area contributed by atoms with Gasteiger partial charge in [-0.2, -0.15) is 15.5 Å². The molecular formula is C15H11N7O4. The van der Waals surface area contributed by atoms with Crippen LogP contribution in [0.2, 0.25) is 0 Å². The van der Waals surface area contributed by atoms with Gasteiger partial charge in [0.2, 0.25) is 5.78 Å². The van der Waals surface area contributed by atoms with E-state index in [1.807, 2.05) is 6.07 Å². The quantitative estimate of drug-likeness (QED) is 0.586. The van der Waals surface area contributed by atoms with Gasteiger partial charge in [-0.05, 0) is 12.1 Å². The SMILES string of the molecule is CN1N=CC(c2nn(C)c(=O)n(-c3ccc(C#N)cn3)c2=O)C(=O)C1=O. The van der Waals surface area contributed by atoms with E-state index < -0.39 is 28.9 Å². The highest BCUT2D eigenvalue weighted by atomic mass is 16.2. The first-order chi connectivity index (χ1) is 12.3. The summed E-state index contributed by atoms with van der Waals surface area (Å²) in [5, 5.41) is 17.3. The number of nitrogens with zero attached hydrogens (tertiary/aromatic N) is 7. The van der Waals surface area contributed by atoms with Gasteiger partial charge in [-0.1, -0.05) is 0 Å². The minimum absolute atomic E-state index is 0.0399. The maximum absolute atomic E-state index is 12.8. The molecule has 1 amide bonds. The van der Waals surface area contributed by atoms with Crippen LogP contribution >= 0.6 is 0 Å². The van der Waals surface area contributed by atoms with Gasteiger partial charge < -0.3 is 0 Å². The van der Waals surface area contributed by atoms with Crippen LogP contribution in [-0.4, -0.2) is 49.3 Å². The Labute approximate surface area is 145 Å². The van der Waals surface area contributed by atoms with Crippen LogP contribution in [0.15, 0.2) is 33.0 Å². The fraction of sp³-hybridized carbons (Fsp3) is 0.200. The molecule has 0 radical (unpaired) electrons. The van der Waals surface area contributed by atoms with Gasteiger partial charge in [-0.25, -0.2) is 24.0 Å². The zero-order valence-corrected chi connectivity index (χ0v) is 13.7. The molecule has 3 rings (SSSR count). The lowest BCUT2D eigenvalue weighted by Gasteiger charge is -2.19. The predicted octanol–water partition coefficient (Wildman–Crippen LogP) is -1.69. The average Bonchev–Trinajstić information content (AvgIpc) is 2.64. The van der Waals surface area contributed by atoms with Crippen LogP contribution in [0.3, 0.4) is 0 Å². The van der Waals surface area contributed by atoms with E-state index in [0.717, 1.165) is 15.9 Å². The zero-order valence-electron chi connectivity index (χ0n) is 13.7. The number of hydrogen-bond acceptors (Lipinski definition) is 8. The van der Waals surface area contributed by atoms with Gasteiger partial charge in [0.15, 0.2) is 0 Å². The Morgan fingerprint density at radius 1 is 1.15 bits per heavy atom. The monoisotopic (exact) mass is 353 g/mol. The minimum atomic E-state index is -1.30. The summed E-state index contributed by atoms with van der Waals surface area (Å²) in [6.07, 6.45) is 2.32. The molecular weight excluding hydrogens is 342 g/mol. The Bertz CT molecular complexity index is 1100. The van der Waals surface area contributed by atoms with Gasteiger partial charge in [-0.15, -0.1) is 0 Å². The molecule has 26 heavy (non-hydrogen) atoms. The van der Waals surface area contributed by atoms with Crippen LogP contribution < -0.4 is 11.2 Å². The minimum Gasteiger partial charge on any atom is -0.287 e. The molecule has 0 saturated carbocycles. The number of amides is 1. The highest BCUT2D eigenvalue weighted by Gasteiger charge is 2.35. The van der Waals surface area contributed by atoms with Crippen molar-refractivity contribution in [3.63, 3.8) is 0 Å². The highest BCUT2D eigenvalue weighted by Crippen LogP contribution is 2.14. The van der Waals surface area contributed by atoms with Gasteiger partial charge in [0.05, 0.1) is 5.56 Å². The van der Waals surface area contributed by atoms with Gasteiger partial charge in [-0.3, -0.25) is 14.4 Å². The number of aromatic nitrogens is 4. The lowest BCUT2D eigenvalue weighted by Crippen LogP contribution is -2.46. The Hall–Kier alpha value is -3.94. The number of ketones is 1. The first-order valence-electron chi connectivity index (χ1n) is 7.28. The summed E-state index contributed by atoms with van der Waals surface area (Å²) in [6, 6.07) is 4.58. The summed E-state index contributed by atoms with van der Waals surface area (Å²) in [7, 11) is 2.60. The normalized spacial score (nSPS) is 16.7. The summed E-state index contributed by atoms with van der Waals surface area (Å²) in [5.41, 5.74) is -1.77. The number of nitriles is 1. The smallest absolute Gasteiger partial charge is 0.287 e. The zero-order chi connectivity index (χ0) is 19.0. The fourth-order valence-electron chi connectivity index (χ4n) is 2.35. The Morgan fingerprint density at radius 2 is 1.88 bits per heavy atom. The lowest BCUT2D eigenvalue weighted by atomic mass is 10.00. The third-order valence-electron chi connectivity index (χ3n) is 3.72. The van der Waals surface area contributed by atoms with Crippen LogP contribution in [0.5, 0.6) is 0 Å². The lowest BCUT2D eigenvalue weighted by molar-refractivity contribution is -0.144. The molecule has 0 spiro atoms. The van der Waals surface area contributed by atoms with Crippen molar-refractivity contribution in [1.82, 2.24) is 24.3 Å². The van der Waals surface area contributed by atoms with E-state index in [9.17, 15) is 19.2 Å². The van der Waals surface area contributed by atoms with Crippen molar-refractivity contribution < 1.29 is 9.59 Å².